The highest BCUT2D eigenvalue weighted by molar-refractivity contribution is 6.30. The molecule has 1 fully saturated rings. The maximum absolute atomic E-state index is 12.5. The molecule has 120 valence electrons. The average molecular weight is 335 g/mol. The first-order valence-corrected chi connectivity index (χ1v) is 7.61. The van der Waals surface area contributed by atoms with E-state index in [-0.39, 0.29) is 17.0 Å². The van der Waals surface area contributed by atoms with Gasteiger partial charge in [0.2, 0.25) is 5.88 Å². The molecular formula is C15H15ClN4O3. The number of nitrogens with one attached hydrogen (secondary N) is 1. The Labute approximate surface area is 137 Å². The van der Waals surface area contributed by atoms with Crippen molar-refractivity contribution in [1.82, 2.24) is 19.9 Å². The highest BCUT2D eigenvalue weighted by Gasteiger charge is 2.26. The van der Waals surface area contributed by atoms with E-state index in [4.69, 9.17) is 16.3 Å². The third-order valence-corrected chi connectivity index (χ3v) is 3.88. The Kier molecular flexibility index (Phi) is 4.57. The third kappa shape index (κ3) is 3.68. The van der Waals surface area contributed by atoms with Crippen molar-refractivity contribution >= 4 is 17.5 Å². The van der Waals surface area contributed by atoms with Crippen LogP contribution in [0.5, 0.6) is 5.88 Å². The molecule has 1 amide bonds. The van der Waals surface area contributed by atoms with E-state index in [2.05, 4.69) is 15.0 Å². The van der Waals surface area contributed by atoms with E-state index < -0.39 is 5.56 Å². The minimum absolute atomic E-state index is 0.000203. The molecule has 8 heteroatoms. The Morgan fingerprint density at radius 3 is 3.04 bits per heavy atom. The predicted octanol–water partition coefficient (Wildman–Crippen LogP) is 1.50. The molecule has 1 N–H and O–H groups in total. The fourth-order valence-corrected chi connectivity index (χ4v) is 2.67. The quantitative estimate of drug-likeness (QED) is 0.919. The van der Waals surface area contributed by atoms with Gasteiger partial charge >= 0.3 is 0 Å². The van der Waals surface area contributed by atoms with E-state index >= 15 is 0 Å². The van der Waals surface area contributed by atoms with Crippen molar-refractivity contribution in [2.45, 2.75) is 18.9 Å². The second-order valence-corrected chi connectivity index (χ2v) is 5.65. The molecular weight excluding hydrogens is 320 g/mol. The summed E-state index contributed by atoms with van der Waals surface area (Å²) in [5.74, 6) is 0.259. The minimum Gasteiger partial charge on any atom is -0.471 e. The zero-order chi connectivity index (χ0) is 16.2. The van der Waals surface area contributed by atoms with Crippen LogP contribution < -0.4 is 10.3 Å². The topological polar surface area (TPSA) is 88.2 Å². The van der Waals surface area contributed by atoms with Crippen LogP contribution in [0.25, 0.3) is 0 Å². The van der Waals surface area contributed by atoms with E-state index in [1.54, 1.807) is 23.5 Å². The number of ether oxygens (including phenoxy) is 1. The van der Waals surface area contributed by atoms with Gasteiger partial charge in [0, 0.05) is 25.1 Å². The molecule has 0 spiro atoms. The summed E-state index contributed by atoms with van der Waals surface area (Å²) >= 11 is 5.78. The number of H-pyrrole nitrogens is 1. The highest BCUT2D eigenvalue weighted by Crippen LogP contribution is 2.18. The van der Waals surface area contributed by atoms with Crippen LogP contribution in [0.2, 0.25) is 5.02 Å². The molecule has 0 saturated carbocycles. The van der Waals surface area contributed by atoms with Crippen molar-refractivity contribution in [3.63, 3.8) is 0 Å². The van der Waals surface area contributed by atoms with Gasteiger partial charge in [0.15, 0.2) is 0 Å². The minimum atomic E-state index is -0.411. The van der Waals surface area contributed by atoms with E-state index in [1.807, 2.05) is 0 Å². The van der Waals surface area contributed by atoms with Gasteiger partial charge in [-0.25, -0.2) is 4.98 Å². The third-order valence-electron chi connectivity index (χ3n) is 3.60. The summed E-state index contributed by atoms with van der Waals surface area (Å²) in [6.07, 6.45) is 7.59. The molecule has 0 aromatic carbocycles. The molecule has 1 aliphatic rings. The number of carbonyl (C=O) groups is 1. The largest absolute Gasteiger partial charge is 0.471 e. The van der Waals surface area contributed by atoms with Gasteiger partial charge in [0.25, 0.3) is 11.5 Å². The summed E-state index contributed by atoms with van der Waals surface area (Å²) in [6, 6.07) is 1.38. The Bertz CT molecular complexity index is 750. The molecule has 23 heavy (non-hydrogen) atoms. The Hall–Kier alpha value is -2.41. The maximum Gasteiger partial charge on any atom is 0.266 e. The lowest BCUT2D eigenvalue weighted by Gasteiger charge is -2.32. The zero-order valence-corrected chi connectivity index (χ0v) is 13.0. The monoisotopic (exact) mass is 334 g/mol. The molecule has 0 aliphatic carbocycles. The van der Waals surface area contributed by atoms with Gasteiger partial charge in [0.05, 0.1) is 18.3 Å². The van der Waals surface area contributed by atoms with E-state index in [0.29, 0.717) is 24.5 Å². The molecule has 1 saturated heterocycles. The van der Waals surface area contributed by atoms with Crippen LogP contribution in [0, 0.1) is 0 Å². The van der Waals surface area contributed by atoms with E-state index in [1.165, 1.54) is 12.3 Å². The van der Waals surface area contributed by atoms with Gasteiger partial charge in [-0.2, -0.15) is 0 Å². The number of hydrogen-bond donors (Lipinski definition) is 1. The first-order valence-electron chi connectivity index (χ1n) is 7.23. The van der Waals surface area contributed by atoms with Crippen LogP contribution in [0.3, 0.4) is 0 Å². The number of likely N-dealkylation sites (tertiary alicyclic amines) is 1. The number of aromatic nitrogens is 3. The number of piperidine rings is 1. The standard InChI is InChI=1S/C15H15ClN4O3/c16-12-6-10(7-19-14(12)21)15(22)20-5-1-2-11(9-20)23-13-8-17-3-4-18-13/h3-4,6-8,11H,1-2,5,9H2,(H,19,21)/t11-/m1/s1. The number of hydrogen-bond acceptors (Lipinski definition) is 5. The molecule has 3 heterocycles. The van der Waals surface area contributed by atoms with Crippen LogP contribution >= 0.6 is 11.6 Å². The van der Waals surface area contributed by atoms with Crippen molar-refractivity contribution in [1.29, 1.82) is 0 Å². The number of carbonyl (C=O) groups excluding carboxylic acids is 1. The molecule has 2 aromatic heterocycles. The van der Waals surface area contributed by atoms with Crippen molar-refractivity contribution < 1.29 is 9.53 Å². The smallest absolute Gasteiger partial charge is 0.266 e. The maximum atomic E-state index is 12.5. The van der Waals surface area contributed by atoms with Crippen molar-refractivity contribution in [2.24, 2.45) is 0 Å². The van der Waals surface area contributed by atoms with Crippen LogP contribution in [0.4, 0.5) is 0 Å². The molecule has 1 atom stereocenters. The van der Waals surface area contributed by atoms with Gasteiger partial charge in [-0.15, -0.1) is 0 Å². The number of amides is 1. The number of nitrogens with zero attached hydrogens (tertiary/aromatic N) is 3. The fraction of sp³-hybridized carbons (Fsp3) is 0.333. The van der Waals surface area contributed by atoms with Gasteiger partial charge in [-0.05, 0) is 18.9 Å². The number of halogens is 1. The lowest BCUT2D eigenvalue weighted by Crippen LogP contribution is -2.44. The van der Waals surface area contributed by atoms with Gasteiger partial charge in [-0.3, -0.25) is 14.6 Å². The Balaban J connectivity index is 1.69. The summed E-state index contributed by atoms with van der Waals surface area (Å²) in [5.41, 5.74) is -0.0551. The number of rotatable bonds is 3. The molecule has 3 rings (SSSR count). The van der Waals surface area contributed by atoms with Crippen molar-refractivity contribution in [2.75, 3.05) is 13.1 Å². The lowest BCUT2D eigenvalue weighted by molar-refractivity contribution is 0.0526. The average Bonchev–Trinajstić information content (AvgIpc) is 2.58. The second-order valence-electron chi connectivity index (χ2n) is 5.24. The van der Waals surface area contributed by atoms with Crippen LogP contribution in [0.15, 0.2) is 35.6 Å². The van der Waals surface area contributed by atoms with Gasteiger partial charge < -0.3 is 14.6 Å². The van der Waals surface area contributed by atoms with E-state index in [0.717, 1.165) is 12.8 Å². The molecule has 1 aliphatic heterocycles. The summed E-state index contributed by atoms with van der Waals surface area (Å²) in [7, 11) is 0. The lowest BCUT2D eigenvalue weighted by atomic mass is 10.1. The second kappa shape index (κ2) is 6.78. The zero-order valence-electron chi connectivity index (χ0n) is 12.2. The van der Waals surface area contributed by atoms with Crippen LogP contribution in [-0.4, -0.2) is 45.0 Å². The molecule has 0 bridgehead atoms. The highest BCUT2D eigenvalue weighted by atomic mass is 35.5. The molecule has 2 aromatic rings. The SMILES string of the molecule is O=C(c1c[nH]c(=O)c(Cl)c1)N1CCC[C@@H](Oc2cnccn2)C1. The van der Waals surface area contributed by atoms with Crippen molar-refractivity contribution in [3.05, 3.63) is 51.8 Å². The Morgan fingerprint density at radius 1 is 1.43 bits per heavy atom. The first kappa shape index (κ1) is 15.5. The first-order chi connectivity index (χ1) is 11.1. The van der Waals surface area contributed by atoms with Crippen molar-refractivity contribution in [3.8, 4) is 5.88 Å². The Morgan fingerprint density at radius 2 is 2.30 bits per heavy atom. The van der Waals surface area contributed by atoms with Crippen LogP contribution in [0.1, 0.15) is 23.2 Å². The molecule has 0 radical (unpaired) electrons. The molecule has 7 nitrogen and oxygen atoms in total. The number of pyridine rings is 1. The number of aromatic amines is 1. The normalized spacial score (nSPS) is 17.8. The molecule has 0 unspecified atom stereocenters. The summed E-state index contributed by atoms with van der Waals surface area (Å²) in [6.45, 7) is 1.09. The fourth-order valence-electron chi connectivity index (χ4n) is 2.50. The van der Waals surface area contributed by atoms with Gasteiger partial charge in [0.1, 0.15) is 11.1 Å². The van der Waals surface area contributed by atoms with Gasteiger partial charge in [-0.1, -0.05) is 11.6 Å². The summed E-state index contributed by atoms with van der Waals surface area (Å²) in [4.78, 5) is 36.0. The summed E-state index contributed by atoms with van der Waals surface area (Å²) in [5, 5.41) is 0.000203. The summed E-state index contributed by atoms with van der Waals surface area (Å²) < 4.78 is 5.76. The predicted molar refractivity (Wildman–Crippen MR) is 83.7 cm³/mol. The van der Waals surface area contributed by atoms with Crippen LogP contribution in [-0.2, 0) is 0 Å². The van der Waals surface area contributed by atoms with E-state index in [9.17, 15) is 9.59 Å².